The fourth-order valence-electron chi connectivity index (χ4n) is 1.73. The normalized spacial score (nSPS) is 10.4. The number of hydrogen-bond donors (Lipinski definition) is 1. The minimum absolute atomic E-state index is 0.000926. The minimum Gasteiger partial charge on any atom is -0.277 e. The monoisotopic (exact) mass is 246 g/mol. The second-order valence-corrected chi connectivity index (χ2v) is 4.18. The van der Waals surface area contributed by atoms with Crippen molar-refractivity contribution >= 4 is 11.5 Å². The van der Waals surface area contributed by atoms with Crippen LogP contribution in [0.15, 0.2) is 24.4 Å². The van der Waals surface area contributed by atoms with Crippen molar-refractivity contribution in [2.75, 3.05) is 5.43 Å². The van der Waals surface area contributed by atoms with E-state index >= 15 is 0 Å². The van der Waals surface area contributed by atoms with Crippen molar-refractivity contribution in [1.82, 2.24) is 9.66 Å². The highest BCUT2D eigenvalue weighted by Crippen LogP contribution is 2.19. The Hall–Kier alpha value is -2.37. The van der Waals surface area contributed by atoms with Crippen LogP contribution in [0.25, 0.3) is 0 Å². The molecule has 18 heavy (non-hydrogen) atoms. The molecule has 1 N–H and O–H groups in total. The van der Waals surface area contributed by atoms with Gasteiger partial charge in [0, 0.05) is 17.5 Å². The molecule has 2 rings (SSSR count). The Morgan fingerprint density at radius 2 is 1.89 bits per heavy atom. The lowest BCUT2D eigenvalue weighted by atomic mass is 10.3. The largest absolute Gasteiger partial charge is 0.287 e. The molecule has 0 atom stereocenters. The molecule has 94 valence electrons. The van der Waals surface area contributed by atoms with Gasteiger partial charge >= 0.3 is 0 Å². The van der Waals surface area contributed by atoms with E-state index in [4.69, 9.17) is 0 Å². The fourth-order valence-corrected chi connectivity index (χ4v) is 1.73. The van der Waals surface area contributed by atoms with E-state index in [1.807, 2.05) is 30.7 Å². The summed E-state index contributed by atoms with van der Waals surface area (Å²) < 4.78 is 1.89. The zero-order valence-corrected chi connectivity index (χ0v) is 10.5. The van der Waals surface area contributed by atoms with Crippen molar-refractivity contribution in [2.24, 2.45) is 0 Å². The van der Waals surface area contributed by atoms with Gasteiger partial charge in [-0.3, -0.25) is 20.2 Å². The summed E-state index contributed by atoms with van der Waals surface area (Å²) in [6, 6.07) is 5.48. The molecule has 0 fully saturated rings. The molecule has 2 heterocycles. The van der Waals surface area contributed by atoms with Crippen LogP contribution in [0.2, 0.25) is 0 Å². The van der Waals surface area contributed by atoms with Crippen LogP contribution in [0.3, 0.4) is 0 Å². The van der Waals surface area contributed by atoms with Gasteiger partial charge in [-0.1, -0.05) is 0 Å². The number of aromatic nitrogens is 2. The molecule has 0 aliphatic rings. The third-order valence-electron chi connectivity index (χ3n) is 2.76. The minimum atomic E-state index is -0.448. The van der Waals surface area contributed by atoms with Crippen molar-refractivity contribution in [3.05, 3.63) is 51.5 Å². The predicted octanol–water partition coefficient (Wildman–Crippen LogP) is 2.59. The molecule has 0 radical (unpaired) electrons. The van der Waals surface area contributed by atoms with Crippen LogP contribution in [-0.4, -0.2) is 14.6 Å². The molecule has 6 nitrogen and oxygen atoms in total. The first-order valence-corrected chi connectivity index (χ1v) is 5.52. The molecule has 0 saturated carbocycles. The van der Waals surface area contributed by atoms with Crippen molar-refractivity contribution in [1.29, 1.82) is 0 Å². The van der Waals surface area contributed by atoms with Crippen LogP contribution in [0.1, 0.15) is 17.0 Å². The molecule has 0 aliphatic heterocycles. The third-order valence-corrected chi connectivity index (χ3v) is 2.76. The Morgan fingerprint density at radius 3 is 2.39 bits per heavy atom. The maximum atomic E-state index is 10.6. The van der Waals surface area contributed by atoms with Crippen molar-refractivity contribution < 1.29 is 4.92 Å². The van der Waals surface area contributed by atoms with Crippen molar-refractivity contribution in [3.8, 4) is 0 Å². The van der Waals surface area contributed by atoms with Gasteiger partial charge in [0.2, 0.25) is 0 Å². The first kappa shape index (κ1) is 12.1. The summed E-state index contributed by atoms with van der Waals surface area (Å²) in [5.41, 5.74) is 5.97. The van der Waals surface area contributed by atoms with Gasteiger partial charge in [0.25, 0.3) is 5.69 Å². The Bertz CT molecular complexity index is 585. The number of aryl methyl sites for hydroxylation is 3. The van der Waals surface area contributed by atoms with E-state index in [0.29, 0.717) is 5.82 Å². The van der Waals surface area contributed by atoms with Crippen LogP contribution in [0.4, 0.5) is 11.5 Å². The lowest BCUT2D eigenvalue weighted by molar-refractivity contribution is -0.385. The van der Waals surface area contributed by atoms with Crippen LogP contribution in [0, 0.1) is 30.9 Å². The number of nitrogens with zero attached hydrogens (tertiary/aromatic N) is 3. The summed E-state index contributed by atoms with van der Waals surface area (Å²) in [7, 11) is 0. The first-order chi connectivity index (χ1) is 8.49. The number of hydrogen-bond acceptors (Lipinski definition) is 4. The second-order valence-electron chi connectivity index (χ2n) is 4.18. The quantitative estimate of drug-likeness (QED) is 0.667. The first-order valence-electron chi connectivity index (χ1n) is 5.52. The summed E-state index contributed by atoms with van der Waals surface area (Å²) in [5, 5.41) is 10.6. The molecule has 0 unspecified atom stereocenters. The second kappa shape index (κ2) is 4.48. The van der Waals surface area contributed by atoms with Crippen molar-refractivity contribution in [2.45, 2.75) is 20.8 Å². The highest BCUT2D eigenvalue weighted by atomic mass is 16.6. The number of pyridine rings is 1. The Morgan fingerprint density at radius 1 is 1.28 bits per heavy atom. The van der Waals surface area contributed by atoms with Crippen LogP contribution in [-0.2, 0) is 0 Å². The summed E-state index contributed by atoms with van der Waals surface area (Å²) in [5.74, 6) is 0.614. The molecular formula is C12H14N4O2. The lowest BCUT2D eigenvalue weighted by Gasteiger charge is -2.13. The fraction of sp³-hybridized carbons (Fsp3) is 0.250. The molecular weight excluding hydrogens is 232 g/mol. The van der Waals surface area contributed by atoms with E-state index in [2.05, 4.69) is 10.4 Å². The standard InChI is InChI=1S/C12H14N4O2/c1-8-6-11(16(17)18)7-13-12(8)14-15-9(2)4-5-10(15)3/h4-7H,1-3H3,(H,13,14). The van der Waals surface area contributed by atoms with E-state index in [1.165, 1.54) is 12.3 Å². The average molecular weight is 246 g/mol. The molecule has 0 aromatic carbocycles. The van der Waals surface area contributed by atoms with Gasteiger partial charge in [-0.25, -0.2) is 4.98 Å². The zero-order valence-electron chi connectivity index (χ0n) is 10.5. The van der Waals surface area contributed by atoms with E-state index < -0.39 is 4.92 Å². The predicted molar refractivity (Wildman–Crippen MR) is 68.6 cm³/mol. The highest BCUT2D eigenvalue weighted by Gasteiger charge is 2.10. The summed E-state index contributed by atoms with van der Waals surface area (Å²) in [6.45, 7) is 5.73. The maximum absolute atomic E-state index is 10.6. The number of nitro groups is 1. The van der Waals surface area contributed by atoms with Crippen LogP contribution < -0.4 is 5.43 Å². The zero-order chi connectivity index (χ0) is 13.3. The van der Waals surface area contributed by atoms with E-state index in [9.17, 15) is 10.1 Å². The van der Waals surface area contributed by atoms with Crippen LogP contribution >= 0.6 is 0 Å². The molecule has 0 bridgehead atoms. The molecule has 0 spiro atoms. The molecule has 6 heteroatoms. The molecule has 0 amide bonds. The Balaban J connectivity index is 2.33. The van der Waals surface area contributed by atoms with Gasteiger partial charge in [0.1, 0.15) is 12.0 Å². The Labute approximate surface area is 104 Å². The number of anilines is 1. The SMILES string of the molecule is Cc1cc([N+](=O)[O-])cnc1Nn1c(C)ccc1C. The van der Waals surface area contributed by atoms with Crippen LogP contribution in [0.5, 0.6) is 0 Å². The highest BCUT2D eigenvalue weighted by molar-refractivity contribution is 5.48. The summed E-state index contributed by atoms with van der Waals surface area (Å²) in [4.78, 5) is 14.3. The Kier molecular flexibility index (Phi) is 3.01. The summed E-state index contributed by atoms with van der Waals surface area (Å²) in [6.07, 6.45) is 1.25. The smallest absolute Gasteiger partial charge is 0.277 e. The van der Waals surface area contributed by atoms with E-state index in [0.717, 1.165) is 17.0 Å². The molecule has 0 saturated heterocycles. The van der Waals surface area contributed by atoms with E-state index in [-0.39, 0.29) is 5.69 Å². The van der Waals surface area contributed by atoms with Gasteiger partial charge < -0.3 is 0 Å². The van der Waals surface area contributed by atoms with Gasteiger partial charge in [-0.2, -0.15) is 0 Å². The topological polar surface area (TPSA) is 73.0 Å². The molecule has 2 aromatic heterocycles. The molecule has 2 aromatic rings. The van der Waals surface area contributed by atoms with Gasteiger partial charge in [-0.15, -0.1) is 0 Å². The van der Waals surface area contributed by atoms with Crippen molar-refractivity contribution in [3.63, 3.8) is 0 Å². The third kappa shape index (κ3) is 2.17. The number of rotatable bonds is 3. The maximum Gasteiger partial charge on any atom is 0.287 e. The van der Waals surface area contributed by atoms with Gasteiger partial charge in [0.15, 0.2) is 0 Å². The number of nitrogens with one attached hydrogen (secondary N) is 1. The lowest BCUT2D eigenvalue weighted by Crippen LogP contribution is -2.14. The summed E-state index contributed by atoms with van der Waals surface area (Å²) >= 11 is 0. The average Bonchev–Trinajstić information content (AvgIpc) is 2.63. The van der Waals surface area contributed by atoms with E-state index in [1.54, 1.807) is 6.92 Å². The van der Waals surface area contributed by atoms with Gasteiger partial charge in [-0.05, 0) is 38.5 Å². The van der Waals surface area contributed by atoms with Gasteiger partial charge in [0.05, 0.1) is 4.92 Å². The molecule has 0 aliphatic carbocycles.